The molecule has 1 N–H and O–H groups in total. The standard InChI is InChI=1S/C25H31FN2O3S/c1-2-30-23-14-18(6-8-22(23)31-17-25(29)28-11-4-3-5-12-28)16-27-21-10-13-32-24-9-7-19(26)15-20(21)24/h6-9,14-15,21,27H,2-5,10-13,16-17H2,1H3. The Kier molecular flexibility index (Phi) is 7.92. The maximum atomic E-state index is 13.8. The molecular formula is C25H31FN2O3S. The molecule has 2 aliphatic rings. The zero-order valence-electron chi connectivity index (χ0n) is 18.6. The van der Waals surface area contributed by atoms with Gasteiger partial charge in [0.1, 0.15) is 5.82 Å². The highest BCUT2D eigenvalue weighted by Gasteiger charge is 2.21. The van der Waals surface area contributed by atoms with Crippen LogP contribution in [0.15, 0.2) is 41.3 Å². The summed E-state index contributed by atoms with van der Waals surface area (Å²) in [6.45, 7) is 4.74. The number of piperidine rings is 1. The molecule has 1 saturated heterocycles. The van der Waals surface area contributed by atoms with Crippen LogP contribution in [0.4, 0.5) is 4.39 Å². The molecule has 4 rings (SSSR count). The largest absolute Gasteiger partial charge is 0.490 e. The van der Waals surface area contributed by atoms with E-state index in [1.165, 1.54) is 12.5 Å². The number of ether oxygens (including phenoxy) is 2. The van der Waals surface area contributed by atoms with Crippen molar-refractivity contribution in [1.29, 1.82) is 0 Å². The number of nitrogens with zero attached hydrogens (tertiary/aromatic N) is 1. The third-order valence-electron chi connectivity index (χ3n) is 5.93. The van der Waals surface area contributed by atoms with E-state index in [4.69, 9.17) is 9.47 Å². The Balaban J connectivity index is 1.38. The Morgan fingerprint density at radius 2 is 1.97 bits per heavy atom. The molecule has 1 fully saturated rings. The van der Waals surface area contributed by atoms with Crippen LogP contribution in [0.5, 0.6) is 11.5 Å². The molecular weight excluding hydrogens is 427 g/mol. The van der Waals surface area contributed by atoms with Gasteiger partial charge in [0.15, 0.2) is 18.1 Å². The van der Waals surface area contributed by atoms with Gasteiger partial charge in [0.2, 0.25) is 0 Å². The number of thioether (sulfide) groups is 1. The summed E-state index contributed by atoms with van der Waals surface area (Å²) in [5.41, 5.74) is 2.08. The minimum Gasteiger partial charge on any atom is -0.490 e. The third-order valence-corrected chi connectivity index (χ3v) is 7.05. The van der Waals surface area contributed by atoms with Gasteiger partial charge in [0.05, 0.1) is 6.61 Å². The van der Waals surface area contributed by atoms with E-state index >= 15 is 0 Å². The number of hydrogen-bond acceptors (Lipinski definition) is 5. The number of rotatable bonds is 8. The molecule has 172 valence electrons. The van der Waals surface area contributed by atoms with Gasteiger partial charge in [-0.1, -0.05) is 6.07 Å². The van der Waals surface area contributed by atoms with Crippen molar-refractivity contribution in [2.24, 2.45) is 0 Å². The number of hydrogen-bond donors (Lipinski definition) is 1. The molecule has 0 saturated carbocycles. The molecule has 2 aromatic rings. The first kappa shape index (κ1) is 22.9. The monoisotopic (exact) mass is 458 g/mol. The van der Waals surface area contributed by atoms with E-state index in [-0.39, 0.29) is 24.4 Å². The zero-order valence-corrected chi connectivity index (χ0v) is 19.4. The van der Waals surface area contributed by atoms with Gasteiger partial charge in [-0.25, -0.2) is 4.39 Å². The lowest BCUT2D eigenvalue weighted by atomic mass is 10.0. The summed E-state index contributed by atoms with van der Waals surface area (Å²) in [7, 11) is 0. The fourth-order valence-corrected chi connectivity index (χ4v) is 5.35. The van der Waals surface area contributed by atoms with E-state index < -0.39 is 0 Å². The van der Waals surface area contributed by atoms with Crippen molar-refractivity contribution in [1.82, 2.24) is 10.2 Å². The van der Waals surface area contributed by atoms with Crippen molar-refractivity contribution >= 4 is 17.7 Å². The molecule has 32 heavy (non-hydrogen) atoms. The Morgan fingerprint density at radius 3 is 2.78 bits per heavy atom. The van der Waals surface area contributed by atoms with Crippen LogP contribution < -0.4 is 14.8 Å². The normalized spacial score (nSPS) is 18.2. The lowest BCUT2D eigenvalue weighted by molar-refractivity contribution is -0.134. The van der Waals surface area contributed by atoms with Crippen LogP contribution in [0.25, 0.3) is 0 Å². The second kappa shape index (κ2) is 11.1. The lowest BCUT2D eigenvalue weighted by Gasteiger charge is -2.27. The topological polar surface area (TPSA) is 50.8 Å². The molecule has 1 atom stereocenters. The van der Waals surface area contributed by atoms with E-state index in [1.807, 2.05) is 36.1 Å². The van der Waals surface area contributed by atoms with Crippen molar-refractivity contribution < 1.29 is 18.7 Å². The number of likely N-dealkylation sites (tertiary alicyclic amines) is 1. The van der Waals surface area contributed by atoms with Crippen LogP contribution in [0.2, 0.25) is 0 Å². The molecule has 2 heterocycles. The number of benzene rings is 2. The summed E-state index contributed by atoms with van der Waals surface area (Å²) in [6, 6.07) is 11.0. The van der Waals surface area contributed by atoms with Gasteiger partial charge >= 0.3 is 0 Å². The van der Waals surface area contributed by atoms with Gasteiger partial charge in [0, 0.05) is 30.6 Å². The third kappa shape index (κ3) is 5.75. The highest BCUT2D eigenvalue weighted by molar-refractivity contribution is 7.99. The maximum absolute atomic E-state index is 13.8. The van der Waals surface area contributed by atoms with Crippen molar-refractivity contribution in [2.45, 2.75) is 50.1 Å². The zero-order chi connectivity index (χ0) is 22.3. The van der Waals surface area contributed by atoms with Crippen LogP contribution in [-0.4, -0.2) is 42.9 Å². The molecule has 5 nitrogen and oxygen atoms in total. The van der Waals surface area contributed by atoms with Gasteiger partial charge in [-0.2, -0.15) is 0 Å². The number of fused-ring (bicyclic) bond motifs is 1. The molecule has 1 amide bonds. The first-order valence-corrected chi connectivity index (χ1v) is 12.4. The predicted octanol–water partition coefficient (Wildman–Crippen LogP) is 4.94. The lowest BCUT2D eigenvalue weighted by Crippen LogP contribution is -2.38. The van der Waals surface area contributed by atoms with Gasteiger partial charge in [0.25, 0.3) is 5.91 Å². The SMILES string of the molecule is CCOc1cc(CNC2CCSc3ccc(F)cc32)ccc1OCC(=O)N1CCCCC1. The smallest absolute Gasteiger partial charge is 0.260 e. The fourth-order valence-electron chi connectivity index (χ4n) is 4.24. The highest BCUT2D eigenvalue weighted by Crippen LogP contribution is 2.37. The maximum Gasteiger partial charge on any atom is 0.260 e. The van der Waals surface area contributed by atoms with Crippen LogP contribution in [0.3, 0.4) is 0 Å². The predicted molar refractivity (Wildman–Crippen MR) is 125 cm³/mol. The summed E-state index contributed by atoms with van der Waals surface area (Å²) < 4.78 is 25.4. The van der Waals surface area contributed by atoms with Gasteiger partial charge < -0.3 is 19.7 Å². The Morgan fingerprint density at radius 1 is 1.12 bits per heavy atom. The van der Waals surface area contributed by atoms with Gasteiger partial charge in [-0.15, -0.1) is 11.8 Å². The average molecular weight is 459 g/mol. The molecule has 0 aliphatic carbocycles. The quantitative estimate of drug-likeness (QED) is 0.607. The van der Waals surface area contributed by atoms with Crippen molar-refractivity contribution in [3.8, 4) is 11.5 Å². The number of amides is 1. The summed E-state index contributed by atoms with van der Waals surface area (Å²) in [5.74, 6) is 2.07. The molecule has 7 heteroatoms. The van der Waals surface area contributed by atoms with Crippen LogP contribution >= 0.6 is 11.8 Å². The van der Waals surface area contributed by atoms with E-state index in [9.17, 15) is 9.18 Å². The van der Waals surface area contributed by atoms with Crippen LogP contribution in [0.1, 0.15) is 49.8 Å². The molecule has 0 radical (unpaired) electrons. The summed E-state index contributed by atoms with van der Waals surface area (Å²) >= 11 is 1.78. The van der Waals surface area contributed by atoms with E-state index in [0.29, 0.717) is 24.7 Å². The first-order chi connectivity index (χ1) is 15.6. The second-order valence-electron chi connectivity index (χ2n) is 8.20. The minimum absolute atomic E-state index is 0.0268. The summed E-state index contributed by atoms with van der Waals surface area (Å²) in [5, 5.41) is 3.57. The first-order valence-electron chi connectivity index (χ1n) is 11.5. The van der Waals surface area contributed by atoms with Crippen molar-refractivity contribution in [3.05, 3.63) is 53.3 Å². The molecule has 0 bridgehead atoms. The number of halogens is 1. The van der Waals surface area contributed by atoms with Crippen molar-refractivity contribution in [3.63, 3.8) is 0 Å². The van der Waals surface area contributed by atoms with Gasteiger partial charge in [-0.05, 0) is 79.8 Å². The summed E-state index contributed by atoms with van der Waals surface area (Å²) in [6.07, 6.45) is 4.27. The van der Waals surface area contributed by atoms with E-state index in [1.54, 1.807) is 17.8 Å². The molecule has 0 spiro atoms. The molecule has 2 aliphatic heterocycles. The minimum atomic E-state index is -0.197. The number of carbonyl (C=O) groups excluding carboxylic acids is 1. The molecule has 1 unspecified atom stereocenters. The Bertz CT molecular complexity index is 933. The second-order valence-corrected chi connectivity index (χ2v) is 9.33. The average Bonchev–Trinajstić information content (AvgIpc) is 2.82. The van der Waals surface area contributed by atoms with Crippen LogP contribution in [-0.2, 0) is 11.3 Å². The Hall–Kier alpha value is -2.25. The summed E-state index contributed by atoms with van der Waals surface area (Å²) in [4.78, 5) is 15.5. The van der Waals surface area contributed by atoms with E-state index in [2.05, 4.69) is 5.32 Å². The number of carbonyl (C=O) groups is 1. The number of nitrogens with one attached hydrogen (secondary N) is 1. The van der Waals surface area contributed by atoms with Gasteiger partial charge in [-0.3, -0.25) is 4.79 Å². The van der Waals surface area contributed by atoms with E-state index in [0.717, 1.165) is 54.1 Å². The van der Waals surface area contributed by atoms with Crippen LogP contribution in [0, 0.1) is 5.82 Å². The molecule has 2 aromatic carbocycles. The molecule has 0 aromatic heterocycles. The fraction of sp³-hybridized carbons (Fsp3) is 0.480. The Labute approximate surface area is 193 Å². The van der Waals surface area contributed by atoms with Crippen molar-refractivity contribution in [2.75, 3.05) is 32.1 Å². The highest BCUT2D eigenvalue weighted by atomic mass is 32.2.